The first kappa shape index (κ1) is 14.2. The summed E-state index contributed by atoms with van der Waals surface area (Å²) in [6, 6.07) is 3.02. The van der Waals surface area contributed by atoms with Gasteiger partial charge >= 0.3 is 5.97 Å². The number of fused-ring (bicyclic) bond motifs is 1. The summed E-state index contributed by atoms with van der Waals surface area (Å²) in [7, 11) is 0. The molecule has 1 unspecified atom stereocenters. The minimum Gasteiger partial charge on any atom is -0.478 e. The van der Waals surface area contributed by atoms with Crippen LogP contribution >= 0.6 is 0 Å². The molecule has 3 heterocycles. The topological polar surface area (TPSA) is 105 Å². The number of aliphatic imine (C=N–C) groups is 1. The number of carbonyl (C=O) groups is 2. The first-order valence-corrected chi connectivity index (χ1v) is 6.86. The summed E-state index contributed by atoms with van der Waals surface area (Å²) < 4.78 is 5.17. The summed E-state index contributed by atoms with van der Waals surface area (Å²) in [4.78, 5) is 31.9. The zero-order valence-corrected chi connectivity index (χ0v) is 12.4. The number of amides is 1. The SMILES string of the molecule is CC(C)C1(C)NC(c2nc3ccoc3cc2C(=O)O)=NC1=O. The molecule has 0 aliphatic carbocycles. The summed E-state index contributed by atoms with van der Waals surface area (Å²) >= 11 is 0. The fraction of sp³-hybridized carbons (Fsp3) is 0.333. The molecule has 0 bridgehead atoms. The number of amidine groups is 1. The van der Waals surface area contributed by atoms with Crippen LogP contribution in [0.15, 0.2) is 27.8 Å². The number of aromatic carboxylic acids is 1. The van der Waals surface area contributed by atoms with E-state index in [1.807, 2.05) is 13.8 Å². The average Bonchev–Trinajstić information content (AvgIpc) is 3.02. The van der Waals surface area contributed by atoms with E-state index in [-0.39, 0.29) is 28.9 Å². The van der Waals surface area contributed by atoms with Gasteiger partial charge < -0.3 is 14.8 Å². The molecule has 0 saturated carbocycles. The average molecular weight is 301 g/mol. The fourth-order valence-corrected chi connectivity index (χ4v) is 2.29. The third kappa shape index (κ3) is 1.97. The Morgan fingerprint density at radius 3 is 2.77 bits per heavy atom. The molecule has 114 valence electrons. The van der Waals surface area contributed by atoms with Crippen LogP contribution in [0.4, 0.5) is 0 Å². The lowest BCUT2D eigenvalue weighted by Crippen LogP contribution is -2.50. The van der Waals surface area contributed by atoms with Gasteiger partial charge in [-0.1, -0.05) is 13.8 Å². The van der Waals surface area contributed by atoms with E-state index in [1.54, 1.807) is 13.0 Å². The van der Waals surface area contributed by atoms with E-state index in [0.29, 0.717) is 11.1 Å². The number of pyridine rings is 1. The first-order chi connectivity index (χ1) is 10.3. The molecule has 0 saturated heterocycles. The van der Waals surface area contributed by atoms with Crippen LogP contribution in [-0.2, 0) is 4.79 Å². The maximum absolute atomic E-state index is 12.2. The molecule has 2 N–H and O–H groups in total. The van der Waals surface area contributed by atoms with Crippen LogP contribution in [0.5, 0.6) is 0 Å². The third-order valence-corrected chi connectivity index (χ3v) is 4.08. The van der Waals surface area contributed by atoms with Gasteiger partial charge in [0.25, 0.3) is 5.91 Å². The molecule has 2 aromatic rings. The first-order valence-electron chi connectivity index (χ1n) is 6.86. The lowest BCUT2D eigenvalue weighted by molar-refractivity contribution is -0.123. The van der Waals surface area contributed by atoms with E-state index in [0.717, 1.165) is 0 Å². The molecule has 1 aliphatic rings. The van der Waals surface area contributed by atoms with Crippen LogP contribution in [-0.4, -0.2) is 33.3 Å². The second kappa shape index (κ2) is 4.66. The largest absolute Gasteiger partial charge is 0.478 e. The van der Waals surface area contributed by atoms with Crippen LogP contribution < -0.4 is 5.32 Å². The van der Waals surface area contributed by atoms with Crippen molar-refractivity contribution < 1.29 is 19.1 Å². The molecule has 0 fully saturated rings. The molecular formula is C15H15N3O4. The molecule has 0 spiro atoms. The Morgan fingerprint density at radius 2 is 2.18 bits per heavy atom. The van der Waals surface area contributed by atoms with Gasteiger partial charge in [-0.05, 0) is 18.9 Å². The molecule has 1 amide bonds. The minimum absolute atomic E-state index is 0.00724. The Hall–Kier alpha value is -2.70. The van der Waals surface area contributed by atoms with Crippen LogP contribution in [0.25, 0.3) is 11.1 Å². The smallest absolute Gasteiger partial charge is 0.338 e. The van der Waals surface area contributed by atoms with Gasteiger partial charge in [0.2, 0.25) is 0 Å². The molecule has 3 rings (SSSR count). The van der Waals surface area contributed by atoms with Crippen molar-refractivity contribution >= 4 is 28.8 Å². The predicted molar refractivity (Wildman–Crippen MR) is 78.9 cm³/mol. The molecule has 1 aliphatic heterocycles. The molecule has 2 aromatic heterocycles. The molecule has 22 heavy (non-hydrogen) atoms. The molecule has 0 aromatic carbocycles. The molecule has 0 radical (unpaired) electrons. The van der Waals surface area contributed by atoms with Gasteiger partial charge in [0.15, 0.2) is 11.4 Å². The van der Waals surface area contributed by atoms with Crippen molar-refractivity contribution in [2.75, 3.05) is 0 Å². The summed E-state index contributed by atoms with van der Waals surface area (Å²) in [5.41, 5.74) is 0.0967. The van der Waals surface area contributed by atoms with Gasteiger partial charge in [-0.25, -0.2) is 9.78 Å². The zero-order chi connectivity index (χ0) is 16.1. The molecule has 7 nitrogen and oxygen atoms in total. The Labute approximate surface area is 126 Å². The summed E-state index contributed by atoms with van der Waals surface area (Å²) in [5, 5.41) is 12.4. The maximum Gasteiger partial charge on any atom is 0.338 e. The monoisotopic (exact) mass is 301 g/mol. The highest BCUT2D eigenvalue weighted by atomic mass is 16.4. The number of hydrogen-bond acceptors (Lipinski definition) is 5. The number of carbonyl (C=O) groups excluding carboxylic acids is 1. The van der Waals surface area contributed by atoms with Gasteiger partial charge in [-0.3, -0.25) is 4.79 Å². The number of carboxylic acids is 1. The van der Waals surface area contributed by atoms with E-state index in [1.165, 1.54) is 12.3 Å². The van der Waals surface area contributed by atoms with Crippen molar-refractivity contribution in [3.05, 3.63) is 29.7 Å². The molecule has 7 heteroatoms. The maximum atomic E-state index is 12.2. The van der Waals surface area contributed by atoms with Crippen molar-refractivity contribution in [2.45, 2.75) is 26.3 Å². The molecule has 1 atom stereocenters. The number of nitrogens with one attached hydrogen (secondary N) is 1. The lowest BCUT2D eigenvalue weighted by atomic mass is 9.88. The highest BCUT2D eigenvalue weighted by Crippen LogP contribution is 2.26. The number of hydrogen-bond donors (Lipinski definition) is 2. The highest BCUT2D eigenvalue weighted by Gasteiger charge is 2.43. The van der Waals surface area contributed by atoms with Crippen LogP contribution in [0.3, 0.4) is 0 Å². The van der Waals surface area contributed by atoms with Crippen LogP contribution in [0, 0.1) is 5.92 Å². The number of aromatic nitrogens is 1. The highest BCUT2D eigenvalue weighted by molar-refractivity contribution is 6.16. The Kier molecular flexibility index (Phi) is 3.01. The lowest BCUT2D eigenvalue weighted by Gasteiger charge is -2.27. The van der Waals surface area contributed by atoms with Crippen molar-refractivity contribution in [3.63, 3.8) is 0 Å². The van der Waals surface area contributed by atoms with Crippen LogP contribution in [0.2, 0.25) is 0 Å². The van der Waals surface area contributed by atoms with E-state index in [9.17, 15) is 14.7 Å². The number of furan rings is 1. The van der Waals surface area contributed by atoms with Gasteiger partial charge in [-0.15, -0.1) is 0 Å². The zero-order valence-electron chi connectivity index (χ0n) is 12.4. The summed E-state index contributed by atoms with van der Waals surface area (Å²) in [6.07, 6.45) is 1.43. The normalized spacial score (nSPS) is 21.3. The Balaban J connectivity index is 2.14. The third-order valence-electron chi connectivity index (χ3n) is 4.08. The quantitative estimate of drug-likeness (QED) is 0.896. The van der Waals surface area contributed by atoms with Gasteiger partial charge in [0.1, 0.15) is 16.7 Å². The van der Waals surface area contributed by atoms with E-state index >= 15 is 0 Å². The minimum atomic E-state index is -1.16. The van der Waals surface area contributed by atoms with Crippen molar-refractivity contribution in [2.24, 2.45) is 10.9 Å². The fourth-order valence-electron chi connectivity index (χ4n) is 2.29. The van der Waals surface area contributed by atoms with E-state index in [2.05, 4.69) is 15.3 Å². The number of rotatable bonds is 3. The van der Waals surface area contributed by atoms with Gasteiger partial charge in [0.05, 0.1) is 11.8 Å². The van der Waals surface area contributed by atoms with Crippen LogP contribution in [0.1, 0.15) is 36.8 Å². The van der Waals surface area contributed by atoms with E-state index in [4.69, 9.17) is 4.42 Å². The molecular weight excluding hydrogens is 286 g/mol. The van der Waals surface area contributed by atoms with Gasteiger partial charge in [0, 0.05) is 6.07 Å². The predicted octanol–water partition coefficient (Wildman–Crippen LogP) is 1.82. The second-order valence-corrected chi connectivity index (χ2v) is 5.74. The summed E-state index contributed by atoms with van der Waals surface area (Å²) in [5.74, 6) is -1.31. The van der Waals surface area contributed by atoms with Crippen molar-refractivity contribution in [3.8, 4) is 0 Å². The number of nitrogens with zero attached hydrogens (tertiary/aromatic N) is 2. The van der Waals surface area contributed by atoms with Crippen molar-refractivity contribution in [1.82, 2.24) is 10.3 Å². The summed E-state index contributed by atoms with van der Waals surface area (Å²) in [6.45, 7) is 5.54. The number of carboxylic acid groups (broad SMARTS) is 1. The van der Waals surface area contributed by atoms with Gasteiger partial charge in [-0.2, -0.15) is 4.99 Å². The van der Waals surface area contributed by atoms with Crippen molar-refractivity contribution in [1.29, 1.82) is 0 Å². The Bertz CT molecular complexity index is 821. The second-order valence-electron chi connectivity index (χ2n) is 5.74. The van der Waals surface area contributed by atoms with E-state index < -0.39 is 11.5 Å². The Morgan fingerprint density at radius 1 is 1.45 bits per heavy atom. The standard InChI is InChI=1S/C15H15N3O4/c1-7(2)15(3)14(21)17-12(18-15)11-8(13(19)20)6-10-9(16-11)4-5-22-10/h4-7H,1-3H3,(H,19,20)(H,17,18,21).